The Morgan fingerprint density at radius 2 is 2.09 bits per heavy atom. The molecule has 4 rings (SSSR count). The van der Waals surface area contributed by atoms with Crippen LogP contribution in [-0.4, -0.2) is 45.8 Å². The molecule has 4 aromatic rings. The van der Waals surface area contributed by atoms with E-state index in [0.29, 0.717) is 53.1 Å². The van der Waals surface area contributed by atoms with Crippen LogP contribution in [0, 0.1) is 12.7 Å². The summed E-state index contributed by atoms with van der Waals surface area (Å²) in [5.74, 6) is 1.47. The van der Waals surface area contributed by atoms with Gasteiger partial charge in [-0.05, 0) is 32.0 Å². The molecular weight excluding hydrogens is 459 g/mol. The van der Waals surface area contributed by atoms with Gasteiger partial charge >= 0.3 is 0 Å². The molecule has 9 nitrogen and oxygen atoms in total. The molecule has 3 aromatic heterocycles. The molecule has 4 N–H and O–H groups in total. The fraction of sp³-hybridized carbons (Fsp3) is 0.261. The van der Waals surface area contributed by atoms with Crippen molar-refractivity contribution in [2.45, 2.75) is 20.4 Å². The number of hydrogen-bond acceptors (Lipinski definition) is 8. The number of benzene rings is 1. The molecule has 34 heavy (non-hydrogen) atoms. The summed E-state index contributed by atoms with van der Waals surface area (Å²) in [5, 5.41) is 16.2. The fourth-order valence-electron chi connectivity index (χ4n) is 3.78. The first kappa shape index (κ1) is 23.3. The highest BCUT2D eigenvalue weighted by atomic mass is 32.1. The van der Waals surface area contributed by atoms with E-state index >= 15 is 0 Å². The van der Waals surface area contributed by atoms with Gasteiger partial charge in [0.25, 0.3) is 0 Å². The summed E-state index contributed by atoms with van der Waals surface area (Å²) < 4.78 is 27.5. The monoisotopic (exact) mass is 484 g/mol. The number of nitrogens with one attached hydrogen (secondary N) is 1. The van der Waals surface area contributed by atoms with Gasteiger partial charge in [0.1, 0.15) is 34.3 Å². The van der Waals surface area contributed by atoms with Crippen LogP contribution in [0.3, 0.4) is 0 Å². The van der Waals surface area contributed by atoms with Crippen molar-refractivity contribution in [3.8, 4) is 22.1 Å². The van der Waals surface area contributed by atoms with Crippen molar-refractivity contribution in [2.24, 2.45) is 10.9 Å². The van der Waals surface area contributed by atoms with Gasteiger partial charge in [-0.3, -0.25) is 0 Å². The maximum atomic E-state index is 14.6. The molecule has 0 unspecified atom stereocenters. The second kappa shape index (κ2) is 9.96. The molecule has 0 saturated carbocycles. The van der Waals surface area contributed by atoms with E-state index in [4.69, 9.17) is 20.4 Å². The van der Waals surface area contributed by atoms with E-state index < -0.39 is 0 Å². The number of amidine groups is 1. The minimum atomic E-state index is -0.294. The molecule has 0 spiro atoms. The van der Waals surface area contributed by atoms with Crippen LogP contribution in [0.5, 0.6) is 11.5 Å². The van der Waals surface area contributed by atoms with Crippen molar-refractivity contribution in [2.75, 3.05) is 25.6 Å². The van der Waals surface area contributed by atoms with E-state index in [0.717, 1.165) is 16.0 Å². The van der Waals surface area contributed by atoms with E-state index in [2.05, 4.69) is 20.4 Å². The Hall–Kier alpha value is -3.86. The van der Waals surface area contributed by atoms with Gasteiger partial charge in [-0.25, -0.2) is 14.4 Å². The third-order valence-corrected chi connectivity index (χ3v) is 6.46. The smallest absolute Gasteiger partial charge is 0.184 e. The Balaban J connectivity index is 1.53. The lowest BCUT2D eigenvalue weighted by atomic mass is 10.2. The molecule has 0 amide bonds. The number of aromatic nitrogens is 3. The van der Waals surface area contributed by atoms with Gasteiger partial charge in [0, 0.05) is 36.3 Å². The van der Waals surface area contributed by atoms with Crippen LogP contribution >= 0.6 is 11.3 Å². The van der Waals surface area contributed by atoms with Crippen molar-refractivity contribution < 1.29 is 19.1 Å². The molecule has 11 heteroatoms. The third-order valence-electron chi connectivity index (χ3n) is 5.30. The largest absolute Gasteiger partial charge is 0.496 e. The van der Waals surface area contributed by atoms with Crippen LogP contribution in [0.25, 0.3) is 21.5 Å². The molecule has 0 bridgehead atoms. The van der Waals surface area contributed by atoms with E-state index in [-0.39, 0.29) is 11.7 Å². The number of rotatable bonds is 9. The minimum Gasteiger partial charge on any atom is -0.496 e. The average Bonchev–Trinajstić information content (AvgIpc) is 3.41. The Morgan fingerprint density at radius 1 is 1.26 bits per heavy atom. The standard InChI is InChI=1S/C23H25FN6O3S/c1-4-33-18-11-19(34-22(18)23(25)29-31)16-10-20(28-12-27-16)26-7-8-30-13(2)9-14-17(32-3)6-5-15(24)21(14)30/h5-6,9-12,31H,4,7-8H2,1-3H3,(H2,25,29)(H,26,27,28). The number of ether oxygens (including phenoxy) is 2. The number of oxime groups is 1. The van der Waals surface area contributed by atoms with E-state index in [9.17, 15) is 4.39 Å². The molecule has 0 aliphatic carbocycles. The molecular formula is C23H25FN6O3S. The molecule has 0 saturated heterocycles. The van der Waals surface area contributed by atoms with Gasteiger partial charge in [-0.2, -0.15) is 0 Å². The van der Waals surface area contributed by atoms with Crippen LogP contribution in [0.15, 0.2) is 41.8 Å². The Labute approximate surface area is 199 Å². The quantitative estimate of drug-likeness (QED) is 0.141. The number of hydrogen-bond donors (Lipinski definition) is 3. The maximum Gasteiger partial charge on any atom is 0.184 e. The van der Waals surface area contributed by atoms with Crippen molar-refractivity contribution in [1.29, 1.82) is 0 Å². The highest BCUT2D eigenvalue weighted by Gasteiger charge is 2.17. The molecule has 178 valence electrons. The van der Waals surface area contributed by atoms with E-state index in [1.165, 1.54) is 23.7 Å². The summed E-state index contributed by atoms with van der Waals surface area (Å²) in [6.45, 7) is 5.28. The second-order valence-corrected chi connectivity index (χ2v) is 8.44. The van der Waals surface area contributed by atoms with Crippen molar-refractivity contribution >= 4 is 33.9 Å². The number of anilines is 1. The summed E-state index contributed by atoms with van der Waals surface area (Å²) in [7, 11) is 1.58. The van der Waals surface area contributed by atoms with Crippen LogP contribution in [0.4, 0.5) is 10.2 Å². The van der Waals surface area contributed by atoms with Gasteiger partial charge in [0.05, 0.1) is 29.8 Å². The highest BCUT2D eigenvalue weighted by Crippen LogP contribution is 2.36. The number of fused-ring (bicyclic) bond motifs is 1. The molecule has 3 heterocycles. The third kappa shape index (κ3) is 4.46. The SMILES string of the molecule is CCOc1cc(-c2cc(NCCn3c(C)cc4c(OC)ccc(F)c43)ncn2)sc1/C(N)=N/O. The second-order valence-electron chi connectivity index (χ2n) is 7.39. The molecule has 1 aromatic carbocycles. The number of nitrogens with zero attached hydrogens (tertiary/aromatic N) is 4. The van der Waals surface area contributed by atoms with Crippen LogP contribution in [0.2, 0.25) is 0 Å². The van der Waals surface area contributed by atoms with Crippen molar-refractivity contribution in [3.05, 3.63) is 53.0 Å². The Morgan fingerprint density at radius 3 is 2.82 bits per heavy atom. The number of nitrogens with two attached hydrogens (primary N) is 1. The van der Waals surface area contributed by atoms with Crippen molar-refractivity contribution in [1.82, 2.24) is 14.5 Å². The van der Waals surface area contributed by atoms with E-state index in [1.807, 2.05) is 30.5 Å². The van der Waals surface area contributed by atoms with Gasteiger partial charge in [-0.1, -0.05) is 5.16 Å². The molecule has 0 aliphatic heterocycles. The summed E-state index contributed by atoms with van der Waals surface area (Å²) in [6, 6.07) is 8.59. The van der Waals surface area contributed by atoms with Gasteiger partial charge in [-0.15, -0.1) is 11.3 Å². The Kier molecular flexibility index (Phi) is 6.82. The molecule has 0 radical (unpaired) electrons. The zero-order valence-corrected chi connectivity index (χ0v) is 19.8. The first-order valence-corrected chi connectivity index (χ1v) is 11.4. The lowest BCUT2D eigenvalue weighted by Crippen LogP contribution is -2.13. The number of aryl methyl sites for hydroxylation is 1. The van der Waals surface area contributed by atoms with Gasteiger partial charge in [0.15, 0.2) is 5.84 Å². The summed E-state index contributed by atoms with van der Waals surface area (Å²) >= 11 is 1.31. The predicted octanol–water partition coefficient (Wildman–Crippen LogP) is 4.22. The molecule has 0 aliphatic rings. The van der Waals surface area contributed by atoms with E-state index in [1.54, 1.807) is 19.2 Å². The topological polar surface area (TPSA) is 120 Å². The molecule has 0 fully saturated rings. The lowest BCUT2D eigenvalue weighted by molar-refractivity contribution is 0.317. The molecule has 0 atom stereocenters. The number of methoxy groups -OCH3 is 1. The predicted molar refractivity (Wildman–Crippen MR) is 131 cm³/mol. The van der Waals surface area contributed by atoms with Crippen LogP contribution < -0.4 is 20.5 Å². The minimum absolute atomic E-state index is 0.0229. The summed E-state index contributed by atoms with van der Waals surface area (Å²) in [5.41, 5.74) is 7.90. The maximum absolute atomic E-state index is 14.6. The highest BCUT2D eigenvalue weighted by molar-refractivity contribution is 7.17. The Bertz CT molecular complexity index is 1350. The fourth-order valence-corrected chi connectivity index (χ4v) is 4.74. The van der Waals surface area contributed by atoms with Gasteiger partial charge < -0.3 is 30.3 Å². The zero-order chi connectivity index (χ0) is 24.2. The van der Waals surface area contributed by atoms with Crippen molar-refractivity contribution in [3.63, 3.8) is 0 Å². The lowest BCUT2D eigenvalue weighted by Gasteiger charge is -2.11. The number of halogens is 1. The first-order valence-electron chi connectivity index (χ1n) is 10.6. The first-order chi connectivity index (χ1) is 16.5. The zero-order valence-electron chi connectivity index (χ0n) is 19.0. The summed E-state index contributed by atoms with van der Waals surface area (Å²) in [4.78, 5) is 9.95. The summed E-state index contributed by atoms with van der Waals surface area (Å²) in [6.07, 6.45) is 1.46. The average molecular weight is 485 g/mol. The van der Waals surface area contributed by atoms with Gasteiger partial charge in [0.2, 0.25) is 0 Å². The van der Waals surface area contributed by atoms with Crippen LogP contribution in [0.1, 0.15) is 17.5 Å². The normalized spacial score (nSPS) is 11.7. The number of thiophene rings is 1. The van der Waals surface area contributed by atoms with Crippen LogP contribution in [-0.2, 0) is 6.54 Å².